The molecule has 2 aliphatic heterocycles. The van der Waals surface area contributed by atoms with Crippen LogP contribution in [0.3, 0.4) is 0 Å². The van der Waals surface area contributed by atoms with Crippen molar-refractivity contribution in [1.29, 1.82) is 0 Å². The van der Waals surface area contributed by atoms with Gasteiger partial charge in [0.25, 0.3) is 5.79 Å². The molecule has 2 rings (SSSR count). The Bertz CT molecular complexity index is 775. The maximum absolute atomic E-state index is 12.7. The molecule has 2 heterocycles. The highest BCUT2D eigenvalue weighted by Gasteiger charge is 2.58. The highest BCUT2D eigenvalue weighted by atomic mass is 31.2. The third kappa shape index (κ3) is 6.06. The second-order valence-electron chi connectivity index (χ2n) is 7.16. The first-order valence-electron chi connectivity index (χ1n) is 9.60. The van der Waals surface area contributed by atoms with E-state index in [0.717, 1.165) is 14.2 Å². The molecule has 14 heteroatoms. The molecule has 2 aliphatic rings. The Kier molecular flexibility index (Phi) is 8.80. The number of cyclic esters (lactones) is 2. The number of nitrogens with one attached hydrogen (secondary N) is 1. The van der Waals surface area contributed by atoms with Crippen molar-refractivity contribution in [3.63, 3.8) is 0 Å². The predicted octanol–water partition coefficient (Wildman–Crippen LogP) is 0.103. The Hall–Kier alpha value is -2.02. The zero-order valence-electron chi connectivity index (χ0n) is 18.2. The summed E-state index contributed by atoms with van der Waals surface area (Å²) in [4.78, 5) is 36.0. The van der Waals surface area contributed by atoms with E-state index in [2.05, 4.69) is 11.9 Å². The number of ether oxygens (including phenoxy) is 5. The topological polar surface area (TPSA) is 165 Å². The van der Waals surface area contributed by atoms with E-state index in [1.165, 1.54) is 19.7 Å². The minimum Gasteiger partial charge on any atom is -0.465 e. The largest absolute Gasteiger partial charge is 0.508 e. The summed E-state index contributed by atoms with van der Waals surface area (Å²) in [6.07, 6.45) is -5.50. The van der Waals surface area contributed by atoms with Gasteiger partial charge in [-0.15, -0.1) is 6.58 Å². The quantitative estimate of drug-likeness (QED) is 0.246. The molecule has 32 heavy (non-hydrogen) atoms. The van der Waals surface area contributed by atoms with Crippen LogP contribution in [-0.2, 0) is 46.9 Å². The summed E-state index contributed by atoms with van der Waals surface area (Å²) in [6, 6.07) is -1.16. The van der Waals surface area contributed by atoms with Gasteiger partial charge in [0.2, 0.25) is 5.91 Å². The fourth-order valence-electron chi connectivity index (χ4n) is 3.38. The van der Waals surface area contributed by atoms with Gasteiger partial charge in [-0.3, -0.25) is 9.36 Å². The van der Waals surface area contributed by atoms with E-state index in [-0.39, 0.29) is 19.6 Å². The Morgan fingerprint density at radius 3 is 2.62 bits per heavy atom. The molecule has 2 fully saturated rings. The molecule has 0 aromatic heterocycles. The van der Waals surface area contributed by atoms with Gasteiger partial charge in [-0.1, -0.05) is 6.08 Å². The number of carbonyl (C=O) groups excluding carboxylic acids is 3. The van der Waals surface area contributed by atoms with Crippen molar-refractivity contribution in [2.45, 2.75) is 49.6 Å². The Balaban J connectivity index is 2.53. The fraction of sp³-hybridized carbons (Fsp3) is 0.722. The highest BCUT2D eigenvalue weighted by Crippen LogP contribution is 2.48. The monoisotopic (exact) mass is 481 g/mol. The van der Waals surface area contributed by atoms with Crippen molar-refractivity contribution in [1.82, 2.24) is 5.32 Å². The minimum atomic E-state index is -3.66. The molecule has 0 spiro atoms. The predicted molar refractivity (Wildman–Crippen MR) is 106 cm³/mol. The standard InChI is InChI=1S/C18H28NO12P/c1-6-7-28-18(16(22)25-3)8-11(31-32(5,24)26-4)13(19-10(2)20)15(30-18)14(21)12-9-27-17(23)29-12/h6,11-15,21H,1,7-9H2,2-5H3,(H,19,20)/t11-,12+,13+,14+,15+,18+,32?/m0/s1. The number of esters is 1. The number of methoxy groups -OCH3 is 1. The SMILES string of the molecule is C=CCO[C@]1(C(=O)OC)C[C@H](OP(C)(=O)OC)[C@@H](NC(C)=O)[C@H]([C@H](O)[C@H]2COC(=O)O2)O1. The van der Waals surface area contributed by atoms with Crippen LogP contribution in [0.5, 0.6) is 0 Å². The van der Waals surface area contributed by atoms with E-state index in [0.29, 0.717) is 0 Å². The van der Waals surface area contributed by atoms with Crippen LogP contribution >= 0.6 is 7.60 Å². The van der Waals surface area contributed by atoms with Crippen LogP contribution in [0.25, 0.3) is 0 Å². The van der Waals surface area contributed by atoms with Gasteiger partial charge in [0.1, 0.15) is 18.8 Å². The number of amides is 1. The van der Waals surface area contributed by atoms with Gasteiger partial charge in [0.15, 0.2) is 6.10 Å². The second kappa shape index (κ2) is 10.7. The summed E-state index contributed by atoms with van der Waals surface area (Å²) in [6.45, 7) is 5.45. The van der Waals surface area contributed by atoms with E-state index in [1.807, 2.05) is 0 Å². The maximum atomic E-state index is 12.7. The summed E-state index contributed by atoms with van der Waals surface area (Å²) in [5.74, 6) is -3.65. The van der Waals surface area contributed by atoms with Gasteiger partial charge < -0.3 is 43.2 Å². The van der Waals surface area contributed by atoms with Gasteiger partial charge in [-0.2, -0.15) is 0 Å². The minimum absolute atomic E-state index is 0.162. The van der Waals surface area contributed by atoms with Crippen LogP contribution in [0.2, 0.25) is 0 Å². The molecule has 0 aliphatic carbocycles. The van der Waals surface area contributed by atoms with Crippen LogP contribution < -0.4 is 5.32 Å². The molecule has 182 valence electrons. The van der Waals surface area contributed by atoms with Crippen molar-refractivity contribution >= 4 is 25.6 Å². The third-order valence-corrected chi connectivity index (χ3v) is 6.16. The summed E-state index contributed by atoms with van der Waals surface area (Å²) < 4.78 is 49.0. The van der Waals surface area contributed by atoms with Crippen LogP contribution in [0.4, 0.5) is 4.79 Å². The number of rotatable bonds is 10. The molecule has 0 saturated carbocycles. The summed E-state index contributed by atoms with van der Waals surface area (Å²) in [5.41, 5.74) is 0. The maximum Gasteiger partial charge on any atom is 0.508 e. The molecule has 1 amide bonds. The van der Waals surface area contributed by atoms with Crippen LogP contribution in [-0.4, -0.2) is 93.5 Å². The normalized spacial score (nSPS) is 32.7. The van der Waals surface area contributed by atoms with E-state index in [4.69, 9.17) is 32.7 Å². The lowest BCUT2D eigenvalue weighted by Gasteiger charge is -2.48. The molecule has 1 unspecified atom stereocenters. The Morgan fingerprint density at radius 2 is 2.12 bits per heavy atom. The second-order valence-corrected chi connectivity index (χ2v) is 9.28. The van der Waals surface area contributed by atoms with Crippen molar-refractivity contribution in [3.8, 4) is 0 Å². The molecular formula is C18H28NO12P. The summed E-state index contributed by atoms with van der Waals surface area (Å²) >= 11 is 0. The number of hydrogen-bond donors (Lipinski definition) is 2. The van der Waals surface area contributed by atoms with E-state index < -0.39 is 61.9 Å². The first-order valence-corrected chi connectivity index (χ1v) is 11.6. The molecule has 7 atom stereocenters. The van der Waals surface area contributed by atoms with Crippen LogP contribution in [0.15, 0.2) is 12.7 Å². The highest BCUT2D eigenvalue weighted by molar-refractivity contribution is 7.52. The van der Waals surface area contributed by atoms with Crippen molar-refractivity contribution in [3.05, 3.63) is 12.7 Å². The molecule has 2 N–H and O–H groups in total. The Morgan fingerprint density at radius 1 is 1.44 bits per heavy atom. The first kappa shape index (κ1) is 26.2. The third-order valence-electron chi connectivity index (χ3n) is 4.84. The summed E-state index contributed by atoms with van der Waals surface area (Å²) in [7, 11) is -1.40. The van der Waals surface area contributed by atoms with Gasteiger partial charge in [-0.05, 0) is 0 Å². The molecule has 0 radical (unpaired) electrons. The average molecular weight is 481 g/mol. The number of carbonyl (C=O) groups is 3. The smallest absolute Gasteiger partial charge is 0.465 e. The van der Waals surface area contributed by atoms with Gasteiger partial charge in [-0.25, -0.2) is 9.59 Å². The zero-order valence-corrected chi connectivity index (χ0v) is 19.1. The van der Waals surface area contributed by atoms with Crippen molar-refractivity contribution < 1.29 is 56.8 Å². The lowest BCUT2D eigenvalue weighted by Crippen LogP contribution is -2.68. The molecule has 2 saturated heterocycles. The van der Waals surface area contributed by atoms with Crippen molar-refractivity contribution in [2.75, 3.05) is 34.1 Å². The zero-order chi connectivity index (χ0) is 24.1. The molecule has 0 aromatic rings. The van der Waals surface area contributed by atoms with Gasteiger partial charge >= 0.3 is 19.7 Å². The average Bonchev–Trinajstić information content (AvgIpc) is 3.18. The number of aliphatic hydroxyl groups excluding tert-OH is 1. The molecular weight excluding hydrogens is 453 g/mol. The fourth-order valence-corrected chi connectivity index (χ4v) is 4.17. The van der Waals surface area contributed by atoms with E-state index in [9.17, 15) is 24.1 Å². The van der Waals surface area contributed by atoms with Crippen LogP contribution in [0, 0.1) is 0 Å². The molecule has 0 bridgehead atoms. The van der Waals surface area contributed by atoms with Crippen LogP contribution in [0.1, 0.15) is 13.3 Å². The van der Waals surface area contributed by atoms with E-state index in [1.54, 1.807) is 0 Å². The first-order chi connectivity index (χ1) is 15.0. The van der Waals surface area contributed by atoms with E-state index >= 15 is 0 Å². The number of hydrogen-bond acceptors (Lipinski definition) is 12. The van der Waals surface area contributed by atoms with Gasteiger partial charge in [0, 0.05) is 27.1 Å². The van der Waals surface area contributed by atoms with Gasteiger partial charge in [0.05, 0.1) is 25.9 Å². The summed E-state index contributed by atoms with van der Waals surface area (Å²) in [5, 5.41) is 13.5. The number of aliphatic hydroxyl groups is 1. The molecule has 0 aromatic carbocycles. The molecule has 13 nitrogen and oxygen atoms in total. The van der Waals surface area contributed by atoms with Crippen molar-refractivity contribution in [2.24, 2.45) is 0 Å². The lowest BCUT2D eigenvalue weighted by atomic mass is 9.88. The Labute approximate surface area is 184 Å². The lowest BCUT2D eigenvalue weighted by molar-refractivity contribution is -0.306.